The van der Waals surface area contributed by atoms with Crippen molar-refractivity contribution in [3.8, 4) is 0 Å². The van der Waals surface area contributed by atoms with Crippen molar-refractivity contribution in [1.29, 1.82) is 0 Å². The van der Waals surface area contributed by atoms with Gasteiger partial charge in [0.05, 0.1) is 0 Å². The highest BCUT2D eigenvalue weighted by atomic mass is 127. The van der Waals surface area contributed by atoms with Crippen LogP contribution in [0.5, 0.6) is 0 Å². The van der Waals surface area contributed by atoms with E-state index in [2.05, 4.69) is 22.6 Å². The SMILES string of the molecule is Cc1cc(I)ccc1Cc1c(C(N)=O)c(=O)n(C)c(=O)n1C. The summed E-state index contributed by atoms with van der Waals surface area (Å²) in [6.45, 7) is 1.95. The van der Waals surface area contributed by atoms with Crippen molar-refractivity contribution in [1.82, 2.24) is 9.13 Å². The standard InChI is InChI=1S/C15H16IN3O3/c1-8-6-10(16)5-4-9(8)7-11-12(13(17)20)14(21)19(3)15(22)18(11)2/h4-6H,7H2,1-3H3,(H2,17,20). The Morgan fingerprint density at radius 3 is 2.41 bits per heavy atom. The Bertz CT molecular complexity index is 881. The van der Waals surface area contributed by atoms with E-state index in [1.807, 2.05) is 25.1 Å². The molecule has 1 heterocycles. The van der Waals surface area contributed by atoms with Crippen molar-refractivity contribution in [3.63, 3.8) is 0 Å². The molecule has 7 heteroatoms. The molecule has 0 aliphatic rings. The lowest BCUT2D eigenvalue weighted by atomic mass is 10.0. The second-order valence-electron chi connectivity index (χ2n) is 5.14. The third kappa shape index (κ3) is 2.85. The van der Waals surface area contributed by atoms with Crippen LogP contribution in [0.3, 0.4) is 0 Å². The number of hydrogen-bond acceptors (Lipinski definition) is 3. The largest absolute Gasteiger partial charge is 0.365 e. The molecule has 0 spiro atoms. The summed E-state index contributed by atoms with van der Waals surface area (Å²) in [5.74, 6) is -0.825. The van der Waals surface area contributed by atoms with Crippen LogP contribution in [0, 0.1) is 10.5 Å². The van der Waals surface area contributed by atoms with Crippen LogP contribution in [0.25, 0.3) is 0 Å². The first-order valence-corrected chi connectivity index (χ1v) is 7.65. The van der Waals surface area contributed by atoms with Crippen molar-refractivity contribution in [3.05, 3.63) is 65.0 Å². The monoisotopic (exact) mass is 413 g/mol. The van der Waals surface area contributed by atoms with Crippen LogP contribution in [0.15, 0.2) is 27.8 Å². The number of nitrogens with zero attached hydrogens (tertiary/aromatic N) is 2. The Labute approximate surface area is 140 Å². The molecule has 1 amide bonds. The highest BCUT2D eigenvalue weighted by Gasteiger charge is 2.20. The van der Waals surface area contributed by atoms with Gasteiger partial charge in [-0.3, -0.25) is 18.7 Å². The molecule has 2 N–H and O–H groups in total. The van der Waals surface area contributed by atoms with Crippen LogP contribution >= 0.6 is 22.6 Å². The van der Waals surface area contributed by atoms with Gasteiger partial charge >= 0.3 is 5.69 Å². The molecule has 0 radical (unpaired) electrons. The van der Waals surface area contributed by atoms with Crippen molar-refractivity contribution in [2.45, 2.75) is 13.3 Å². The minimum atomic E-state index is -0.825. The van der Waals surface area contributed by atoms with Gasteiger partial charge in [-0.2, -0.15) is 0 Å². The lowest BCUT2D eigenvalue weighted by Gasteiger charge is -2.14. The molecule has 1 aromatic carbocycles. The van der Waals surface area contributed by atoms with E-state index in [0.717, 1.165) is 19.3 Å². The van der Waals surface area contributed by atoms with E-state index in [4.69, 9.17) is 5.73 Å². The number of aromatic nitrogens is 2. The summed E-state index contributed by atoms with van der Waals surface area (Å²) < 4.78 is 3.29. The molecule has 2 aromatic rings. The zero-order valence-electron chi connectivity index (χ0n) is 12.5. The summed E-state index contributed by atoms with van der Waals surface area (Å²) in [7, 11) is 2.86. The Balaban J connectivity index is 2.72. The van der Waals surface area contributed by atoms with E-state index in [0.29, 0.717) is 12.1 Å². The molecule has 0 saturated carbocycles. The predicted octanol–water partition coefficient (Wildman–Crippen LogP) is 0.687. The number of halogens is 1. The van der Waals surface area contributed by atoms with Gasteiger partial charge in [-0.15, -0.1) is 0 Å². The average Bonchev–Trinajstić information content (AvgIpc) is 2.44. The minimum Gasteiger partial charge on any atom is -0.365 e. The summed E-state index contributed by atoms with van der Waals surface area (Å²) >= 11 is 2.21. The Morgan fingerprint density at radius 2 is 1.86 bits per heavy atom. The molecule has 116 valence electrons. The molecule has 0 fully saturated rings. The summed E-state index contributed by atoms with van der Waals surface area (Å²) in [5, 5.41) is 0. The summed E-state index contributed by atoms with van der Waals surface area (Å²) in [5.41, 5.74) is 6.37. The molecular formula is C15H16IN3O3. The van der Waals surface area contributed by atoms with Crippen molar-refractivity contribution in [2.24, 2.45) is 19.8 Å². The van der Waals surface area contributed by atoms with Gasteiger partial charge in [0.15, 0.2) is 0 Å². The number of primary amides is 1. The Hall–Kier alpha value is -1.90. The van der Waals surface area contributed by atoms with Crippen LogP contribution in [-0.4, -0.2) is 15.0 Å². The van der Waals surface area contributed by atoms with E-state index in [1.54, 1.807) is 0 Å². The molecule has 2 rings (SSSR count). The van der Waals surface area contributed by atoms with E-state index >= 15 is 0 Å². The van der Waals surface area contributed by atoms with Crippen LogP contribution in [0.2, 0.25) is 0 Å². The molecule has 0 saturated heterocycles. The quantitative estimate of drug-likeness (QED) is 0.752. The van der Waals surface area contributed by atoms with Crippen molar-refractivity contribution in [2.75, 3.05) is 0 Å². The highest BCUT2D eigenvalue weighted by molar-refractivity contribution is 14.1. The summed E-state index contributed by atoms with van der Waals surface area (Å²) in [4.78, 5) is 35.9. The molecule has 0 unspecified atom stereocenters. The number of aryl methyl sites for hydroxylation is 1. The average molecular weight is 413 g/mol. The molecule has 0 bridgehead atoms. The lowest BCUT2D eigenvalue weighted by Crippen LogP contribution is -2.43. The van der Waals surface area contributed by atoms with Crippen molar-refractivity contribution < 1.29 is 4.79 Å². The lowest BCUT2D eigenvalue weighted by molar-refractivity contribution is 0.0996. The fourth-order valence-corrected chi connectivity index (χ4v) is 3.03. The zero-order valence-corrected chi connectivity index (χ0v) is 14.7. The first-order chi connectivity index (χ1) is 10.2. The van der Waals surface area contributed by atoms with Gasteiger partial charge < -0.3 is 5.73 Å². The number of benzene rings is 1. The van der Waals surface area contributed by atoms with Gasteiger partial charge in [0.2, 0.25) is 0 Å². The van der Waals surface area contributed by atoms with Crippen LogP contribution in [0.4, 0.5) is 0 Å². The molecule has 0 atom stereocenters. The molecule has 0 aliphatic heterocycles. The normalized spacial score (nSPS) is 10.7. The van der Waals surface area contributed by atoms with E-state index < -0.39 is 17.2 Å². The van der Waals surface area contributed by atoms with Gasteiger partial charge in [0.1, 0.15) is 5.56 Å². The van der Waals surface area contributed by atoms with Gasteiger partial charge in [0.25, 0.3) is 11.5 Å². The Morgan fingerprint density at radius 1 is 1.23 bits per heavy atom. The first-order valence-electron chi connectivity index (χ1n) is 6.57. The smallest absolute Gasteiger partial charge is 0.330 e. The highest BCUT2D eigenvalue weighted by Crippen LogP contribution is 2.17. The Kier molecular flexibility index (Phi) is 4.55. The zero-order chi connectivity index (χ0) is 16.6. The third-order valence-corrected chi connectivity index (χ3v) is 4.37. The second kappa shape index (κ2) is 6.07. The third-order valence-electron chi connectivity index (χ3n) is 3.69. The fraction of sp³-hybridized carbons (Fsp3) is 0.267. The van der Waals surface area contributed by atoms with E-state index in [9.17, 15) is 14.4 Å². The number of nitrogens with two attached hydrogens (primary N) is 1. The molecule has 6 nitrogen and oxygen atoms in total. The van der Waals surface area contributed by atoms with Crippen LogP contribution < -0.4 is 17.0 Å². The molecule has 1 aromatic heterocycles. The second-order valence-corrected chi connectivity index (χ2v) is 6.38. The maximum absolute atomic E-state index is 12.2. The molecular weight excluding hydrogens is 397 g/mol. The van der Waals surface area contributed by atoms with Gasteiger partial charge in [-0.05, 0) is 52.8 Å². The summed E-state index contributed by atoms with van der Waals surface area (Å²) in [6.07, 6.45) is 0.294. The van der Waals surface area contributed by atoms with Gasteiger partial charge in [-0.1, -0.05) is 6.07 Å². The number of carbonyl (C=O) groups is 1. The predicted molar refractivity (Wildman–Crippen MR) is 92.1 cm³/mol. The fourth-order valence-electron chi connectivity index (χ4n) is 2.38. The number of amides is 1. The topological polar surface area (TPSA) is 87.1 Å². The molecule has 0 aliphatic carbocycles. The maximum atomic E-state index is 12.2. The van der Waals surface area contributed by atoms with E-state index in [-0.39, 0.29) is 5.56 Å². The number of carbonyl (C=O) groups excluding carboxylic acids is 1. The molecule has 22 heavy (non-hydrogen) atoms. The van der Waals surface area contributed by atoms with E-state index in [1.165, 1.54) is 18.7 Å². The van der Waals surface area contributed by atoms with Crippen molar-refractivity contribution >= 4 is 28.5 Å². The minimum absolute atomic E-state index is 0.137. The summed E-state index contributed by atoms with van der Waals surface area (Å²) in [6, 6.07) is 5.86. The van der Waals surface area contributed by atoms with Crippen LogP contribution in [0.1, 0.15) is 27.2 Å². The first kappa shape index (κ1) is 16.5. The maximum Gasteiger partial charge on any atom is 0.330 e. The number of hydrogen-bond donors (Lipinski definition) is 1. The van der Waals surface area contributed by atoms with Crippen LogP contribution in [-0.2, 0) is 20.5 Å². The van der Waals surface area contributed by atoms with Gasteiger partial charge in [-0.25, -0.2) is 4.79 Å². The van der Waals surface area contributed by atoms with Gasteiger partial charge in [0, 0.05) is 29.8 Å². The number of rotatable bonds is 3.